The highest BCUT2D eigenvalue weighted by molar-refractivity contribution is 8.76. The second-order valence-corrected chi connectivity index (χ2v) is 28.5. The number of urea groups is 1. The summed E-state index contributed by atoms with van der Waals surface area (Å²) in [4.78, 5) is 168. The smallest absolute Gasteiger partial charge is 0.315 e. The molecule has 28 nitrogen and oxygen atoms in total. The van der Waals surface area contributed by atoms with Crippen LogP contribution >= 0.6 is 21.6 Å². The van der Waals surface area contributed by atoms with E-state index in [0.717, 1.165) is 32.4 Å². The van der Waals surface area contributed by atoms with Gasteiger partial charge in [0.15, 0.2) is 11.9 Å². The van der Waals surface area contributed by atoms with E-state index in [1.165, 1.54) is 9.80 Å². The lowest BCUT2D eigenvalue weighted by Crippen LogP contribution is -2.59. The van der Waals surface area contributed by atoms with Gasteiger partial charge in [-0.1, -0.05) is 167 Å². The van der Waals surface area contributed by atoms with Crippen molar-refractivity contribution in [2.75, 3.05) is 37.7 Å². The lowest BCUT2D eigenvalue weighted by Gasteiger charge is -2.33. The molecule has 103 heavy (non-hydrogen) atoms. The molecule has 4 fully saturated rings. The van der Waals surface area contributed by atoms with E-state index in [1.807, 2.05) is 48.5 Å². The van der Waals surface area contributed by atoms with Gasteiger partial charge >= 0.3 is 6.03 Å². The molecule has 10 atom stereocenters. The number of hydrogen-bond acceptors (Lipinski definition) is 15. The minimum Gasteiger partial charge on any atom is -0.370 e. The molecule has 0 aliphatic carbocycles. The minimum atomic E-state index is -1.49. The van der Waals surface area contributed by atoms with Crippen molar-refractivity contribution in [1.29, 1.82) is 10.8 Å². The number of nitrogens with zero attached hydrogens (tertiary/aromatic N) is 2. The fourth-order valence-electron chi connectivity index (χ4n) is 13.5. The maximum absolute atomic E-state index is 15.2. The van der Waals surface area contributed by atoms with Gasteiger partial charge in [0.05, 0.1) is 24.9 Å². The summed E-state index contributed by atoms with van der Waals surface area (Å²) in [5.74, 6) is -8.63. The molecule has 12 amide bonds. The first-order valence-corrected chi connectivity index (χ1v) is 37.0. The highest BCUT2D eigenvalue weighted by Gasteiger charge is 2.45. The van der Waals surface area contributed by atoms with Gasteiger partial charge in [-0.2, -0.15) is 0 Å². The van der Waals surface area contributed by atoms with Crippen molar-refractivity contribution < 1.29 is 52.7 Å². The topological polar surface area (TPSA) is 426 Å². The molecule has 0 saturated carbocycles. The fourth-order valence-corrected chi connectivity index (χ4v) is 15.8. The molecule has 0 aromatic heterocycles. The Bertz CT molecular complexity index is 4110. The van der Waals surface area contributed by atoms with Crippen LogP contribution in [0.25, 0.3) is 21.5 Å². The first-order chi connectivity index (χ1) is 49.8. The summed E-state index contributed by atoms with van der Waals surface area (Å²) >= 11 is 0. The van der Waals surface area contributed by atoms with Crippen LogP contribution in [0.5, 0.6) is 0 Å². The number of fused-ring (bicyclic) bond motifs is 9. The number of guanidine groups is 2. The zero-order valence-electron chi connectivity index (χ0n) is 56.7. The van der Waals surface area contributed by atoms with Crippen LogP contribution in [0, 0.1) is 10.8 Å². The number of carbonyl (C=O) groups excluding carboxylic acids is 11. The van der Waals surface area contributed by atoms with Crippen LogP contribution in [0.1, 0.15) is 98.5 Å². The van der Waals surface area contributed by atoms with Gasteiger partial charge in [-0.25, -0.2) is 4.79 Å². The number of nitrogens with one attached hydrogen (secondary N) is 13. The molecule has 542 valence electrons. The molecule has 2 bridgehead atoms. The van der Waals surface area contributed by atoms with Crippen molar-refractivity contribution in [3.05, 3.63) is 168 Å². The average Bonchev–Trinajstić information content (AvgIpc) is 1.61. The molecule has 30 heteroatoms. The highest BCUT2D eigenvalue weighted by Crippen LogP contribution is 2.32. The molecule has 10 rings (SSSR count). The molecule has 6 aromatic rings. The first kappa shape index (κ1) is 74.9. The largest absolute Gasteiger partial charge is 0.370 e. The molecule has 17 N–H and O–H groups in total. The van der Waals surface area contributed by atoms with Gasteiger partial charge in [-0.3, -0.25) is 64.1 Å². The molecule has 6 aromatic carbocycles. The number of rotatable bonds is 14. The Morgan fingerprint density at radius 1 is 0.427 bits per heavy atom. The van der Waals surface area contributed by atoms with Crippen LogP contribution in [-0.4, -0.2) is 173 Å². The molecular weight excluding hydrogens is 1360 g/mol. The lowest BCUT2D eigenvalue weighted by molar-refractivity contribution is -0.148. The maximum atomic E-state index is 15.2. The van der Waals surface area contributed by atoms with Gasteiger partial charge in [-0.05, 0) is 95.2 Å². The number of carbonyl (C=O) groups is 11. The molecular formula is C73H87N17O11S2. The summed E-state index contributed by atoms with van der Waals surface area (Å²) in [6.45, 7) is 0.521. The normalized spacial score (nSPS) is 24.2. The van der Waals surface area contributed by atoms with Crippen LogP contribution in [-0.2, 0) is 60.8 Å². The summed E-state index contributed by atoms with van der Waals surface area (Å²) in [5, 5.41) is 49.3. The van der Waals surface area contributed by atoms with Crippen LogP contribution in [0.3, 0.4) is 0 Å². The lowest BCUT2D eigenvalue weighted by atomic mass is 9.95. The fraction of sp³-hybridized carbons (Fsp3) is 0.384. The number of hydrogen-bond donors (Lipinski definition) is 15. The molecule has 0 unspecified atom stereocenters. The zero-order valence-corrected chi connectivity index (χ0v) is 58.3. The molecule has 4 saturated heterocycles. The summed E-state index contributed by atoms with van der Waals surface area (Å²) in [6, 6.07) is 28.8. The van der Waals surface area contributed by atoms with E-state index in [0.29, 0.717) is 45.9 Å². The van der Waals surface area contributed by atoms with Gasteiger partial charge in [0.1, 0.15) is 48.3 Å². The summed E-state index contributed by atoms with van der Waals surface area (Å²) < 4.78 is 0. The predicted molar refractivity (Wildman–Crippen MR) is 392 cm³/mol. The van der Waals surface area contributed by atoms with Crippen LogP contribution in [0.15, 0.2) is 146 Å². The molecule has 4 aliphatic heterocycles. The Labute approximate surface area is 603 Å². The number of nitrogens with two attached hydrogens (primary N) is 2. The third-order valence-corrected chi connectivity index (χ3v) is 21.0. The number of benzene rings is 6. The quantitative estimate of drug-likeness (QED) is 0.0245. The van der Waals surface area contributed by atoms with Crippen LogP contribution < -0.4 is 70.0 Å². The second kappa shape index (κ2) is 36.2. The highest BCUT2D eigenvalue weighted by atomic mass is 33.1. The first-order valence-electron chi connectivity index (χ1n) is 34.5. The summed E-state index contributed by atoms with van der Waals surface area (Å²) in [5.41, 5.74) is 13.5. The third-order valence-electron chi connectivity index (χ3n) is 18.6. The second-order valence-electron chi connectivity index (χ2n) is 25.9. The standard InChI is InChI=1S/C73H87N17O11S2/c74-71(75)78-33-13-29-51-63(93)83-53(49-27-11-23-45-21-7-9-25-47(45)49)39-62(92)81-57-41-102-103-42-58(67(97)85-56(38-44-19-5-2-6-20-44)65(95)88-64(94)55(84-66(57)96)37-43-17-3-1-4-18-43)87-73(101)86-54(50-28-12-24-46-22-8-10-26-48(46)50)40-61(91)80-52(30-14-34-79-72(76)77)69(99)90-36-16-32-60(90)70(100)89-35-15-31-59(89)68(98)82-51/h1-12,17-28,51-60H,13-16,29-42H2,(H,80,91)(H,81,92)(H,82,98)(H,83,93)(H,84,96)(H,85,97)(H4,74,75,78)(H4,76,77,79)(H2,86,87,101)(H,88,94,95)/t51-,52-,53+,54+,55-,56-,57-,58-,59+,60-/m0/s1. The number of imide groups is 1. The van der Waals surface area contributed by atoms with Crippen LogP contribution in [0.2, 0.25) is 0 Å². The van der Waals surface area contributed by atoms with E-state index in [1.54, 1.807) is 97.1 Å². The van der Waals surface area contributed by atoms with E-state index in [9.17, 15) is 24.0 Å². The van der Waals surface area contributed by atoms with Gasteiger partial charge in [0, 0.05) is 50.5 Å². The molecule has 4 aliphatic rings. The van der Waals surface area contributed by atoms with Gasteiger partial charge in [0.25, 0.3) is 0 Å². The molecule has 4 heterocycles. The minimum absolute atomic E-state index is 0.00440. The van der Waals surface area contributed by atoms with Crippen LogP contribution in [0.4, 0.5) is 4.79 Å². The van der Waals surface area contributed by atoms with Crippen molar-refractivity contribution in [3.8, 4) is 0 Å². The van der Waals surface area contributed by atoms with E-state index < -0.39 is 138 Å². The van der Waals surface area contributed by atoms with E-state index >= 15 is 28.8 Å². The van der Waals surface area contributed by atoms with Crippen molar-refractivity contribution in [1.82, 2.24) is 68.3 Å². The van der Waals surface area contributed by atoms with Gasteiger partial charge < -0.3 is 74.4 Å². The van der Waals surface area contributed by atoms with Crippen molar-refractivity contribution in [2.24, 2.45) is 11.5 Å². The molecule has 0 radical (unpaired) electrons. The zero-order chi connectivity index (χ0) is 72.9. The van der Waals surface area contributed by atoms with Crippen molar-refractivity contribution >= 4 is 120 Å². The Balaban J connectivity index is 1.05. The Morgan fingerprint density at radius 3 is 1.40 bits per heavy atom. The van der Waals surface area contributed by atoms with E-state index in [-0.39, 0.29) is 101 Å². The van der Waals surface area contributed by atoms with Gasteiger partial charge in [-0.15, -0.1) is 0 Å². The predicted octanol–water partition coefficient (Wildman–Crippen LogP) is 2.81. The third kappa shape index (κ3) is 20.5. The average molecular weight is 1440 g/mol. The Morgan fingerprint density at radius 2 is 0.864 bits per heavy atom. The SMILES string of the molecule is N=C(N)NCCC[C@@H]1NC(=O)[C@H]2CCCN2C(=O)[C@@H]2CCCN2C(=O)[C@H](CCCNC(=N)N)NC(=O)C[C@H](c2cccc3ccccc23)NC(=O)N[C@H]2CSSC[C@H](NC(=O)C[C@H](c3cccc4ccccc34)NC1=O)C(=O)N[C@@H](Cc1ccccc1)C(=O)NC(=O)[C@H](Cc1ccccc1)NC2=O. The maximum Gasteiger partial charge on any atom is 0.315 e. The summed E-state index contributed by atoms with van der Waals surface area (Å²) in [6.07, 6.45) is 0.371. The summed E-state index contributed by atoms with van der Waals surface area (Å²) in [7, 11) is 2.09. The number of amides is 12. The van der Waals surface area contributed by atoms with Gasteiger partial charge in [0.2, 0.25) is 59.1 Å². The molecule has 0 spiro atoms. The van der Waals surface area contributed by atoms with E-state index in [2.05, 4.69) is 58.5 Å². The Hall–Kier alpha value is -10.8. The van der Waals surface area contributed by atoms with Crippen molar-refractivity contribution in [3.63, 3.8) is 0 Å². The Kier molecular flexibility index (Phi) is 26.3. The monoisotopic (exact) mass is 1440 g/mol. The van der Waals surface area contributed by atoms with E-state index in [4.69, 9.17) is 22.3 Å². The van der Waals surface area contributed by atoms with Crippen molar-refractivity contribution in [2.45, 2.75) is 137 Å².